The van der Waals surface area contributed by atoms with Gasteiger partial charge in [-0.25, -0.2) is 4.68 Å². The standard InChI is InChI=1S/C42H60ClN3O3/c1-26(2)37-31(47)25-42(34-24-36(48)46(45(34)23-22-44(7)8)28-12-10-27(43)11-13-28)21-16-30-29(38(37)42)14-15-33-40(30,5)19-17-32-39(3,4)35(49-9)18-20-41(32,33)6/h10-13,24,26,29-30,32-33,35H,14-23,25H2,1-9H3. The number of fused-ring (bicyclic) bond motifs is 7. The van der Waals surface area contributed by atoms with Gasteiger partial charge >= 0.3 is 0 Å². The Labute approximate surface area is 299 Å². The van der Waals surface area contributed by atoms with E-state index in [1.54, 1.807) is 0 Å². The Morgan fingerprint density at radius 3 is 2.27 bits per heavy atom. The quantitative estimate of drug-likeness (QED) is 0.292. The summed E-state index contributed by atoms with van der Waals surface area (Å²) in [5.74, 6) is 2.72. The molecule has 0 spiro atoms. The van der Waals surface area contributed by atoms with Crippen LogP contribution in [0.15, 0.2) is 46.3 Å². The summed E-state index contributed by atoms with van der Waals surface area (Å²) in [4.78, 5) is 30.6. The van der Waals surface area contributed by atoms with E-state index >= 15 is 0 Å². The van der Waals surface area contributed by atoms with Gasteiger partial charge < -0.3 is 9.64 Å². The molecule has 0 aliphatic heterocycles. The number of allylic oxidation sites excluding steroid dienone is 2. The number of aromatic nitrogens is 2. The van der Waals surface area contributed by atoms with Gasteiger partial charge in [0, 0.05) is 36.6 Å². The molecular formula is C42H60ClN3O3. The van der Waals surface area contributed by atoms with Gasteiger partial charge in [-0.05, 0) is 147 Å². The molecule has 0 N–H and O–H groups in total. The fraction of sp³-hybridized carbons (Fsp3) is 0.714. The van der Waals surface area contributed by atoms with Crippen molar-refractivity contribution >= 4 is 17.4 Å². The smallest absolute Gasteiger partial charge is 0.271 e. The van der Waals surface area contributed by atoms with Crippen LogP contribution in [-0.4, -0.2) is 53.9 Å². The summed E-state index contributed by atoms with van der Waals surface area (Å²) >= 11 is 6.29. The van der Waals surface area contributed by atoms with Crippen molar-refractivity contribution in [2.45, 2.75) is 117 Å². The van der Waals surface area contributed by atoms with Crippen LogP contribution in [-0.2, 0) is 21.5 Å². The number of methoxy groups -OCH3 is 1. The van der Waals surface area contributed by atoms with Crippen molar-refractivity contribution < 1.29 is 9.53 Å². The van der Waals surface area contributed by atoms with E-state index in [2.05, 4.69) is 65.2 Å². The molecule has 5 aliphatic rings. The molecular weight excluding hydrogens is 630 g/mol. The summed E-state index contributed by atoms with van der Waals surface area (Å²) in [5.41, 5.74) is 4.56. The van der Waals surface area contributed by atoms with Gasteiger partial charge in [0.05, 0.1) is 24.0 Å². The molecule has 268 valence electrons. The average Bonchev–Trinajstić information content (AvgIpc) is 3.54. The molecule has 8 unspecified atom stereocenters. The number of hydrogen-bond acceptors (Lipinski definition) is 4. The maximum absolute atomic E-state index is 14.4. The number of likely N-dealkylation sites (N-methyl/N-ethyl adjacent to an activating group) is 1. The normalized spacial score (nSPS) is 36.9. The van der Waals surface area contributed by atoms with Crippen LogP contribution in [0.2, 0.25) is 5.02 Å². The molecule has 0 bridgehead atoms. The Bertz CT molecular complexity index is 1700. The highest BCUT2D eigenvalue weighted by Gasteiger charge is 2.66. The second-order valence-electron chi connectivity index (χ2n) is 18.3. The first-order chi connectivity index (χ1) is 23.1. The Hall–Kier alpha value is -2.15. The van der Waals surface area contributed by atoms with Crippen molar-refractivity contribution in [2.24, 2.45) is 45.8 Å². The number of ether oxygens (including phenoxy) is 1. The van der Waals surface area contributed by atoms with E-state index in [9.17, 15) is 9.59 Å². The largest absolute Gasteiger partial charge is 0.381 e. The third kappa shape index (κ3) is 5.15. The van der Waals surface area contributed by atoms with Gasteiger partial charge in [0.1, 0.15) is 0 Å². The van der Waals surface area contributed by atoms with Gasteiger partial charge in [-0.1, -0.05) is 53.1 Å². The van der Waals surface area contributed by atoms with Crippen molar-refractivity contribution in [3.05, 3.63) is 62.5 Å². The Morgan fingerprint density at radius 1 is 0.918 bits per heavy atom. The predicted octanol–water partition coefficient (Wildman–Crippen LogP) is 8.71. The molecule has 0 amide bonds. The lowest BCUT2D eigenvalue weighted by molar-refractivity contribution is -0.206. The van der Waals surface area contributed by atoms with Crippen LogP contribution in [0, 0.1) is 45.8 Å². The number of ketones is 1. The third-order valence-electron chi connectivity index (χ3n) is 15.1. The van der Waals surface area contributed by atoms with E-state index in [0.29, 0.717) is 59.0 Å². The van der Waals surface area contributed by atoms with Crippen molar-refractivity contribution in [3.63, 3.8) is 0 Å². The first-order valence-electron chi connectivity index (χ1n) is 19.1. The average molecular weight is 690 g/mol. The molecule has 7 rings (SSSR count). The van der Waals surface area contributed by atoms with Crippen molar-refractivity contribution in [3.8, 4) is 5.69 Å². The van der Waals surface area contributed by atoms with Gasteiger partial charge in [-0.15, -0.1) is 0 Å². The summed E-state index contributed by atoms with van der Waals surface area (Å²) in [5, 5.41) is 0.649. The van der Waals surface area contributed by atoms with E-state index in [0.717, 1.165) is 49.2 Å². The minimum atomic E-state index is -0.441. The number of benzene rings is 1. The zero-order valence-electron chi connectivity index (χ0n) is 31.6. The molecule has 8 atom stereocenters. The fourth-order valence-corrected chi connectivity index (χ4v) is 13.4. The lowest BCUT2D eigenvalue weighted by Gasteiger charge is -2.69. The number of halogens is 1. The molecule has 6 nitrogen and oxygen atoms in total. The molecule has 2 aromatic rings. The van der Waals surface area contributed by atoms with Crippen LogP contribution < -0.4 is 5.56 Å². The van der Waals surface area contributed by atoms with Gasteiger partial charge in [0.25, 0.3) is 5.56 Å². The van der Waals surface area contributed by atoms with Crippen molar-refractivity contribution in [1.82, 2.24) is 14.3 Å². The van der Waals surface area contributed by atoms with Crippen LogP contribution in [0.4, 0.5) is 0 Å². The minimum Gasteiger partial charge on any atom is -0.381 e. The Kier molecular flexibility index (Phi) is 8.80. The van der Waals surface area contributed by atoms with E-state index in [4.69, 9.17) is 16.3 Å². The third-order valence-corrected chi connectivity index (χ3v) is 15.4. The zero-order chi connectivity index (χ0) is 35.3. The highest BCUT2D eigenvalue weighted by Crippen LogP contribution is 2.73. The number of Topliss-reactive ketones (excluding diaryl/α,β-unsaturated/α-hetero) is 1. The fourth-order valence-electron chi connectivity index (χ4n) is 13.2. The van der Waals surface area contributed by atoms with Crippen molar-refractivity contribution in [1.29, 1.82) is 0 Å². The van der Waals surface area contributed by atoms with E-state index in [1.807, 2.05) is 42.1 Å². The molecule has 1 aromatic heterocycles. The van der Waals surface area contributed by atoms with E-state index in [1.165, 1.54) is 31.3 Å². The lowest BCUT2D eigenvalue weighted by atomic mass is 9.36. The zero-order valence-corrected chi connectivity index (χ0v) is 32.3. The molecule has 1 heterocycles. The molecule has 7 heteroatoms. The topological polar surface area (TPSA) is 56.5 Å². The molecule has 4 fully saturated rings. The minimum absolute atomic E-state index is 0.0337. The second kappa shape index (κ2) is 12.2. The first-order valence-corrected chi connectivity index (χ1v) is 19.5. The number of hydrogen-bond donors (Lipinski definition) is 0. The summed E-state index contributed by atoms with van der Waals surface area (Å²) in [6, 6.07) is 9.47. The first kappa shape index (κ1) is 35.3. The van der Waals surface area contributed by atoms with E-state index < -0.39 is 5.41 Å². The van der Waals surface area contributed by atoms with Gasteiger partial charge in [0.15, 0.2) is 5.78 Å². The van der Waals surface area contributed by atoms with E-state index in [-0.39, 0.29) is 22.3 Å². The maximum atomic E-state index is 14.4. The van der Waals surface area contributed by atoms with Crippen LogP contribution in [0.5, 0.6) is 0 Å². The van der Waals surface area contributed by atoms with Crippen LogP contribution in [0.3, 0.4) is 0 Å². The predicted molar refractivity (Wildman–Crippen MR) is 198 cm³/mol. The second-order valence-corrected chi connectivity index (χ2v) is 18.8. The number of rotatable bonds is 7. The molecule has 5 aliphatic carbocycles. The van der Waals surface area contributed by atoms with Gasteiger partial charge in [0.2, 0.25) is 0 Å². The van der Waals surface area contributed by atoms with Gasteiger partial charge in [-0.3, -0.25) is 14.3 Å². The lowest BCUT2D eigenvalue weighted by Crippen LogP contribution is -2.63. The SMILES string of the molecule is COC1CCC2(C)C(CCC3(C)C4CCC5(c6cc(=O)n(-c7ccc(Cl)cc7)n6CCN(C)C)CC(=O)C(C(C)C)=C5C4CCC32)C1(C)C. The summed E-state index contributed by atoms with van der Waals surface area (Å²) in [7, 11) is 6.07. The number of carbonyl (C=O) groups excluding carboxylic acids is 1. The van der Waals surface area contributed by atoms with Crippen molar-refractivity contribution in [2.75, 3.05) is 27.7 Å². The highest BCUT2D eigenvalue weighted by molar-refractivity contribution is 6.30. The number of carbonyl (C=O) groups is 1. The number of nitrogens with zero attached hydrogens (tertiary/aromatic N) is 3. The molecule has 1 aromatic carbocycles. The summed E-state index contributed by atoms with van der Waals surface area (Å²) < 4.78 is 10.2. The summed E-state index contributed by atoms with van der Waals surface area (Å²) in [6.07, 6.45) is 10.1. The molecule has 49 heavy (non-hydrogen) atoms. The monoisotopic (exact) mass is 689 g/mol. The summed E-state index contributed by atoms with van der Waals surface area (Å²) in [6.45, 7) is 16.1. The highest BCUT2D eigenvalue weighted by atomic mass is 35.5. The van der Waals surface area contributed by atoms with Crippen LogP contribution in [0.25, 0.3) is 5.69 Å². The molecule has 0 radical (unpaired) electrons. The van der Waals surface area contributed by atoms with Crippen LogP contribution >= 0.6 is 11.6 Å². The van der Waals surface area contributed by atoms with Gasteiger partial charge in [-0.2, -0.15) is 0 Å². The maximum Gasteiger partial charge on any atom is 0.271 e. The molecule has 4 saturated carbocycles. The Morgan fingerprint density at radius 2 is 1.61 bits per heavy atom. The Balaban J connectivity index is 1.34. The van der Waals surface area contributed by atoms with Crippen LogP contribution in [0.1, 0.15) is 105 Å². The molecule has 0 saturated heterocycles.